The molecule has 0 amide bonds. The summed E-state index contributed by atoms with van der Waals surface area (Å²) >= 11 is 8.77. The van der Waals surface area contributed by atoms with Crippen molar-refractivity contribution in [1.82, 2.24) is 10.3 Å². The second kappa shape index (κ2) is 15.3. The van der Waals surface area contributed by atoms with Crippen LogP contribution in [-0.4, -0.2) is 35.5 Å². The van der Waals surface area contributed by atoms with Gasteiger partial charge in [0.15, 0.2) is 0 Å². The number of pyridine rings is 1. The zero-order valence-electron chi connectivity index (χ0n) is 15.2. The third-order valence-electron chi connectivity index (χ3n) is 2.60. The molecule has 0 radical (unpaired) electrons. The number of ether oxygens (including phenoxy) is 1. The summed E-state index contributed by atoms with van der Waals surface area (Å²) in [5.41, 5.74) is 4.84. The Kier molecular flexibility index (Phi) is 13.9. The van der Waals surface area contributed by atoms with Gasteiger partial charge >= 0.3 is 0 Å². The molecule has 0 aliphatic carbocycles. The van der Waals surface area contributed by atoms with E-state index in [0.717, 1.165) is 23.8 Å². The van der Waals surface area contributed by atoms with Gasteiger partial charge < -0.3 is 20.9 Å². The van der Waals surface area contributed by atoms with Crippen LogP contribution in [0.3, 0.4) is 0 Å². The molecule has 2 aromatic rings. The van der Waals surface area contributed by atoms with Gasteiger partial charge in [-0.15, -0.1) is 0 Å². The molecule has 0 spiro atoms. The largest absolute Gasteiger partial charge is 0.487 e. The fraction of sp³-hybridized carbons (Fsp3) is 0.188. The number of nitrogens with zero attached hydrogens (tertiary/aromatic N) is 1. The second-order valence-electron chi connectivity index (χ2n) is 4.74. The van der Waals surface area contributed by atoms with Crippen molar-refractivity contribution in [2.45, 2.75) is 13.5 Å². The van der Waals surface area contributed by atoms with Crippen molar-refractivity contribution in [3.8, 4) is 0 Å². The molecule has 1 aromatic carbocycles. The summed E-state index contributed by atoms with van der Waals surface area (Å²) in [4.78, 5) is 3.98. The fourth-order valence-electron chi connectivity index (χ4n) is 1.55. The van der Waals surface area contributed by atoms with E-state index in [4.69, 9.17) is 22.1 Å². The van der Waals surface area contributed by atoms with Crippen molar-refractivity contribution in [3.05, 3.63) is 59.9 Å². The first kappa shape index (κ1) is 26.4. The second-order valence-corrected chi connectivity index (χ2v) is 6.27. The van der Waals surface area contributed by atoms with Crippen molar-refractivity contribution in [3.63, 3.8) is 0 Å². The molecule has 0 aliphatic heterocycles. The molecule has 1 heterocycles. The zero-order chi connectivity index (χ0) is 22.2. The molecule has 0 atom stereocenters. The number of hydrogen-bond acceptors (Lipinski definition) is 6. The predicted octanol–water partition coefficient (Wildman–Crippen LogP) is 2.18. The Bertz CT molecular complexity index is 823. The van der Waals surface area contributed by atoms with E-state index in [0.29, 0.717) is 18.3 Å². The Morgan fingerprint density at radius 2 is 1.83 bits per heavy atom. The number of aliphatic hydroxyl groups is 1. The Morgan fingerprint density at radius 1 is 1.24 bits per heavy atom. The summed E-state index contributed by atoms with van der Waals surface area (Å²) in [7, 11) is -3.04. The van der Waals surface area contributed by atoms with Crippen LogP contribution in [0.5, 0.6) is 0 Å². The van der Waals surface area contributed by atoms with Gasteiger partial charge in [0.2, 0.25) is 10.9 Å². The zero-order valence-corrected chi connectivity index (χ0v) is 17.7. The van der Waals surface area contributed by atoms with E-state index in [1.165, 1.54) is 0 Å². The van der Waals surface area contributed by atoms with Crippen LogP contribution in [-0.2, 0) is 22.2 Å². The van der Waals surface area contributed by atoms with Crippen LogP contribution in [0.25, 0.3) is 0 Å². The molecule has 0 aliphatic rings. The summed E-state index contributed by atoms with van der Waals surface area (Å²) in [5.74, 6) is -1.87. The predicted molar refractivity (Wildman–Crippen MR) is 115 cm³/mol. The smallest absolute Gasteiger partial charge is 0.256 e. The lowest BCUT2D eigenvalue weighted by Gasteiger charge is -2.06. The van der Waals surface area contributed by atoms with Gasteiger partial charge in [0.1, 0.15) is 17.3 Å². The average Bonchev–Trinajstić information content (AvgIpc) is 2.64. The Balaban J connectivity index is 0.000000459. The van der Waals surface area contributed by atoms with Crippen LogP contribution in [0, 0.1) is 11.6 Å². The van der Waals surface area contributed by atoms with Crippen molar-refractivity contribution in [2.75, 3.05) is 11.3 Å². The van der Waals surface area contributed by atoms with Crippen LogP contribution >= 0.6 is 24.4 Å². The van der Waals surface area contributed by atoms with Crippen molar-refractivity contribution >= 4 is 51.4 Å². The van der Waals surface area contributed by atoms with Gasteiger partial charge in [0.25, 0.3) is 10.3 Å². The molecule has 0 unspecified atom stereocenters. The SMILES string of the molecule is CCOC(=S)NCc1cccnc1.NC(O)=S.O=[SH](=O)Nc1c(F)cccc1F. The highest BCUT2D eigenvalue weighted by molar-refractivity contribution is 7.80. The molecule has 0 saturated carbocycles. The van der Waals surface area contributed by atoms with Crippen LogP contribution in [0.2, 0.25) is 0 Å². The Labute approximate surface area is 179 Å². The Hall–Kier alpha value is -2.64. The van der Waals surface area contributed by atoms with Gasteiger partial charge in [-0.05, 0) is 55.1 Å². The lowest BCUT2D eigenvalue weighted by molar-refractivity contribution is 0.320. The minimum Gasteiger partial charge on any atom is -0.487 e. The number of nitrogens with two attached hydrogens (primary N) is 1. The van der Waals surface area contributed by atoms with Crippen LogP contribution in [0.4, 0.5) is 14.5 Å². The molecule has 0 fully saturated rings. The fourth-order valence-corrected chi connectivity index (χ4v) is 2.14. The highest BCUT2D eigenvalue weighted by Crippen LogP contribution is 2.17. The molecule has 8 nitrogen and oxygen atoms in total. The van der Waals surface area contributed by atoms with E-state index >= 15 is 0 Å². The number of nitrogens with one attached hydrogen (secondary N) is 2. The number of thiocarbonyl (C=S) groups is 2. The topological polar surface area (TPSA) is 127 Å². The molecule has 29 heavy (non-hydrogen) atoms. The highest BCUT2D eigenvalue weighted by Gasteiger charge is 2.07. The maximum atomic E-state index is 12.6. The molecule has 0 saturated heterocycles. The molecular weight excluding hydrogens is 446 g/mol. The number of thiol groups is 1. The number of halogens is 2. The minimum atomic E-state index is -3.04. The first-order valence-electron chi connectivity index (χ1n) is 7.80. The number of benzene rings is 1. The standard InChI is InChI=1S/C9H12N2OS.C6H5F2NO2S.CH3NOS/c1-2-12-9(13)11-7-8-4-3-5-10-6-8;7-4-2-1-3-5(8)6(4)9-12(10)11;2-1(3)4/h3-6H,2,7H2,1H3,(H,11,13);1-3,12H,(H,9,10,11);(H3,2,3,4). The summed E-state index contributed by atoms with van der Waals surface area (Å²) in [6.07, 6.45) is 3.53. The van der Waals surface area contributed by atoms with E-state index in [1.54, 1.807) is 17.1 Å². The van der Waals surface area contributed by atoms with Crippen molar-refractivity contribution in [2.24, 2.45) is 5.73 Å². The van der Waals surface area contributed by atoms with E-state index in [2.05, 4.69) is 28.3 Å². The molecule has 13 heteroatoms. The van der Waals surface area contributed by atoms with E-state index < -0.39 is 33.4 Å². The van der Waals surface area contributed by atoms with Gasteiger partial charge in [-0.1, -0.05) is 12.1 Å². The van der Waals surface area contributed by atoms with Crippen molar-refractivity contribution in [1.29, 1.82) is 0 Å². The molecule has 1 aromatic heterocycles. The van der Waals surface area contributed by atoms with Crippen LogP contribution in [0.15, 0.2) is 42.7 Å². The Morgan fingerprint density at radius 3 is 2.28 bits per heavy atom. The third kappa shape index (κ3) is 14.1. The number of hydrogen-bond donors (Lipinski definition) is 5. The number of aliphatic hydroxyl groups excluding tert-OH is 1. The van der Waals surface area contributed by atoms with Gasteiger partial charge in [0.05, 0.1) is 6.61 Å². The first-order valence-corrected chi connectivity index (χ1v) is 9.79. The number of rotatable bonds is 5. The van der Waals surface area contributed by atoms with Gasteiger partial charge in [0, 0.05) is 18.9 Å². The third-order valence-corrected chi connectivity index (χ3v) is 3.27. The normalized spacial score (nSPS) is 9.24. The lowest BCUT2D eigenvalue weighted by Crippen LogP contribution is -2.23. The first-order chi connectivity index (χ1) is 13.7. The van der Waals surface area contributed by atoms with Crippen LogP contribution in [0.1, 0.15) is 12.5 Å². The highest BCUT2D eigenvalue weighted by atomic mass is 32.2. The number of para-hydroxylation sites is 1. The van der Waals surface area contributed by atoms with Gasteiger partial charge in [-0.2, -0.15) is 0 Å². The minimum absolute atomic E-state index is 0.436. The molecular formula is C16H20F2N4O4S3. The molecule has 2 rings (SSSR count). The van der Waals surface area contributed by atoms with Gasteiger partial charge in [-0.3, -0.25) is 9.71 Å². The van der Waals surface area contributed by atoms with E-state index in [9.17, 15) is 17.2 Å². The van der Waals surface area contributed by atoms with Gasteiger partial charge in [-0.25, -0.2) is 17.2 Å². The maximum Gasteiger partial charge on any atom is 0.256 e. The average molecular weight is 467 g/mol. The number of anilines is 1. The lowest BCUT2D eigenvalue weighted by atomic mass is 10.3. The molecule has 0 bridgehead atoms. The maximum absolute atomic E-state index is 12.6. The van der Waals surface area contributed by atoms with Crippen LogP contribution < -0.4 is 15.8 Å². The van der Waals surface area contributed by atoms with E-state index in [-0.39, 0.29) is 0 Å². The summed E-state index contributed by atoms with van der Waals surface area (Å²) < 4.78 is 52.1. The van der Waals surface area contributed by atoms with Crippen molar-refractivity contribution < 1.29 is 27.0 Å². The summed E-state index contributed by atoms with van der Waals surface area (Å²) in [5, 5.41) is 10.5. The quantitative estimate of drug-likeness (QED) is 0.333. The van der Waals surface area contributed by atoms with E-state index in [1.807, 2.05) is 19.1 Å². The number of aromatic nitrogens is 1. The molecule has 160 valence electrons. The summed E-state index contributed by atoms with van der Waals surface area (Å²) in [6.45, 7) is 3.16. The molecule has 5 N–H and O–H groups in total. The summed E-state index contributed by atoms with van der Waals surface area (Å²) in [6, 6.07) is 6.94. The monoisotopic (exact) mass is 466 g/mol.